The molecule has 2 N–H and O–H groups in total. The normalized spacial score (nSPS) is 15.6. The lowest BCUT2D eigenvalue weighted by Gasteiger charge is -2.19. The van der Waals surface area contributed by atoms with Crippen LogP contribution in [0.25, 0.3) is 10.1 Å². The van der Waals surface area contributed by atoms with E-state index in [4.69, 9.17) is 5.73 Å². The van der Waals surface area contributed by atoms with E-state index in [1.807, 2.05) is 29.6 Å². The summed E-state index contributed by atoms with van der Waals surface area (Å²) in [5.41, 5.74) is 4.70. The number of hydrogen-bond donors (Lipinski definition) is 1. The van der Waals surface area contributed by atoms with Crippen molar-refractivity contribution in [3.05, 3.63) is 35.2 Å². The van der Waals surface area contributed by atoms with Gasteiger partial charge in [0.05, 0.1) is 0 Å². The van der Waals surface area contributed by atoms with Crippen molar-refractivity contribution >= 4 is 21.4 Å². The van der Waals surface area contributed by atoms with E-state index in [0.29, 0.717) is 5.56 Å². The fourth-order valence-electron chi connectivity index (χ4n) is 1.51. The summed E-state index contributed by atoms with van der Waals surface area (Å²) >= 11 is 1.56. The molecule has 0 aliphatic carbocycles. The summed E-state index contributed by atoms with van der Waals surface area (Å²) in [6.45, 7) is 1.55. The van der Waals surface area contributed by atoms with E-state index < -0.39 is 5.67 Å². The molecular weight excluding hydrogens is 197 g/mol. The summed E-state index contributed by atoms with van der Waals surface area (Å²) in [5, 5.41) is 3.06. The lowest BCUT2D eigenvalue weighted by atomic mass is 9.97. The molecule has 0 aliphatic rings. The Bertz CT molecular complexity index is 447. The molecule has 1 nitrogen and oxygen atoms in total. The fourth-order valence-corrected chi connectivity index (χ4v) is 2.54. The van der Waals surface area contributed by atoms with Crippen LogP contribution in [0, 0.1) is 0 Å². The average Bonchev–Trinajstić information content (AvgIpc) is 2.64. The Kier molecular flexibility index (Phi) is 2.29. The standard InChI is InChI=1S/C11H12FNS/c1-11(12,7-13)9-4-2-3-8-5-6-14-10(8)9/h2-6H,7,13H2,1H3. The van der Waals surface area contributed by atoms with Crippen LogP contribution in [0.5, 0.6) is 0 Å². The highest BCUT2D eigenvalue weighted by Gasteiger charge is 2.26. The van der Waals surface area contributed by atoms with Gasteiger partial charge in [0.15, 0.2) is 0 Å². The van der Waals surface area contributed by atoms with Gasteiger partial charge in [-0.3, -0.25) is 0 Å². The number of fused-ring (bicyclic) bond motifs is 1. The maximum absolute atomic E-state index is 14.0. The third-order valence-corrected chi connectivity index (χ3v) is 3.39. The van der Waals surface area contributed by atoms with Crippen molar-refractivity contribution in [1.29, 1.82) is 0 Å². The van der Waals surface area contributed by atoms with E-state index in [1.54, 1.807) is 11.3 Å². The molecule has 2 rings (SSSR count). The van der Waals surface area contributed by atoms with E-state index in [1.165, 1.54) is 6.92 Å². The number of hydrogen-bond acceptors (Lipinski definition) is 2. The van der Waals surface area contributed by atoms with Gasteiger partial charge in [-0.05, 0) is 23.8 Å². The van der Waals surface area contributed by atoms with Crippen molar-refractivity contribution in [3.8, 4) is 0 Å². The summed E-state index contributed by atoms with van der Waals surface area (Å²) in [6.07, 6.45) is 0. The molecule has 2 aromatic rings. The molecule has 0 radical (unpaired) electrons. The first-order valence-corrected chi connectivity index (χ1v) is 5.39. The van der Waals surface area contributed by atoms with Crippen LogP contribution in [0.3, 0.4) is 0 Å². The second-order valence-corrected chi connectivity index (χ2v) is 4.46. The second kappa shape index (κ2) is 3.33. The second-order valence-electron chi connectivity index (χ2n) is 3.55. The fraction of sp³-hybridized carbons (Fsp3) is 0.273. The number of thiophene rings is 1. The van der Waals surface area contributed by atoms with Gasteiger partial charge in [0, 0.05) is 16.8 Å². The molecule has 1 aromatic carbocycles. The molecule has 1 heterocycles. The van der Waals surface area contributed by atoms with Crippen molar-refractivity contribution < 1.29 is 4.39 Å². The van der Waals surface area contributed by atoms with E-state index in [9.17, 15) is 4.39 Å². The average molecular weight is 209 g/mol. The van der Waals surface area contributed by atoms with Gasteiger partial charge in [-0.25, -0.2) is 4.39 Å². The Morgan fingerprint density at radius 1 is 1.43 bits per heavy atom. The molecule has 0 aliphatic heterocycles. The lowest BCUT2D eigenvalue weighted by Crippen LogP contribution is -2.26. The minimum atomic E-state index is -1.43. The molecule has 1 aromatic heterocycles. The molecule has 0 spiro atoms. The molecule has 1 atom stereocenters. The molecule has 0 saturated heterocycles. The largest absolute Gasteiger partial charge is 0.327 e. The molecule has 0 fully saturated rings. The van der Waals surface area contributed by atoms with Crippen LogP contribution in [-0.4, -0.2) is 6.54 Å². The predicted octanol–water partition coefficient (Wildman–Crippen LogP) is 3.04. The van der Waals surface area contributed by atoms with Crippen molar-refractivity contribution in [2.45, 2.75) is 12.6 Å². The van der Waals surface area contributed by atoms with Crippen molar-refractivity contribution in [1.82, 2.24) is 0 Å². The third kappa shape index (κ3) is 1.42. The van der Waals surface area contributed by atoms with Crippen LogP contribution in [-0.2, 0) is 5.67 Å². The van der Waals surface area contributed by atoms with Gasteiger partial charge in [0.2, 0.25) is 0 Å². The van der Waals surface area contributed by atoms with Gasteiger partial charge >= 0.3 is 0 Å². The Hall–Kier alpha value is -0.930. The highest BCUT2D eigenvalue weighted by atomic mass is 32.1. The number of alkyl halides is 1. The van der Waals surface area contributed by atoms with Crippen molar-refractivity contribution in [2.24, 2.45) is 5.73 Å². The minimum Gasteiger partial charge on any atom is -0.327 e. The summed E-state index contributed by atoms with van der Waals surface area (Å²) in [6, 6.07) is 7.67. The predicted molar refractivity (Wildman–Crippen MR) is 59.3 cm³/mol. The summed E-state index contributed by atoms with van der Waals surface area (Å²) < 4.78 is 15.0. The number of halogens is 1. The molecule has 0 bridgehead atoms. The van der Waals surface area contributed by atoms with E-state index >= 15 is 0 Å². The quantitative estimate of drug-likeness (QED) is 0.808. The molecule has 1 unspecified atom stereocenters. The highest BCUT2D eigenvalue weighted by Crippen LogP contribution is 2.33. The Morgan fingerprint density at radius 2 is 2.21 bits per heavy atom. The first-order chi connectivity index (χ1) is 6.65. The zero-order valence-corrected chi connectivity index (χ0v) is 8.77. The van der Waals surface area contributed by atoms with Crippen LogP contribution >= 0.6 is 11.3 Å². The van der Waals surface area contributed by atoms with Crippen molar-refractivity contribution in [3.63, 3.8) is 0 Å². The number of rotatable bonds is 2. The van der Waals surface area contributed by atoms with Gasteiger partial charge in [-0.1, -0.05) is 18.2 Å². The van der Waals surface area contributed by atoms with E-state index in [-0.39, 0.29) is 6.54 Å². The van der Waals surface area contributed by atoms with Crippen LogP contribution < -0.4 is 5.73 Å². The zero-order valence-electron chi connectivity index (χ0n) is 7.96. The molecular formula is C11H12FNS. The minimum absolute atomic E-state index is 0.0179. The SMILES string of the molecule is CC(F)(CN)c1cccc2ccsc12. The van der Waals surface area contributed by atoms with E-state index in [0.717, 1.165) is 10.1 Å². The maximum Gasteiger partial charge on any atom is 0.146 e. The maximum atomic E-state index is 14.0. The monoisotopic (exact) mass is 209 g/mol. The van der Waals surface area contributed by atoms with Gasteiger partial charge in [0.1, 0.15) is 5.67 Å². The molecule has 14 heavy (non-hydrogen) atoms. The summed E-state index contributed by atoms with van der Waals surface area (Å²) in [5.74, 6) is 0. The van der Waals surface area contributed by atoms with Gasteiger partial charge < -0.3 is 5.73 Å². The van der Waals surface area contributed by atoms with Crippen molar-refractivity contribution in [2.75, 3.05) is 6.54 Å². The molecule has 3 heteroatoms. The summed E-state index contributed by atoms with van der Waals surface area (Å²) in [7, 11) is 0. The zero-order chi connectivity index (χ0) is 10.2. The van der Waals surface area contributed by atoms with Gasteiger partial charge in [0.25, 0.3) is 0 Å². The molecule has 0 amide bonds. The number of benzene rings is 1. The van der Waals surface area contributed by atoms with Gasteiger partial charge in [-0.2, -0.15) is 0 Å². The van der Waals surface area contributed by atoms with E-state index in [2.05, 4.69) is 0 Å². The van der Waals surface area contributed by atoms with Crippen LogP contribution in [0.4, 0.5) is 4.39 Å². The molecule has 74 valence electrons. The highest BCUT2D eigenvalue weighted by molar-refractivity contribution is 7.17. The van der Waals surface area contributed by atoms with Crippen LogP contribution in [0.2, 0.25) is 0 Å². The topological polar surface area (TPSA) is 26.0 Å². The van der Waals surface area contributed by atoms with Crippen LogP contribution in [0.15, 0.2) is 29.6 Å². The smallest absolute Gasteiger partial charge is 0.146 e. The van der Waals surface area contributed by atoms with Gasteiger partial charge in [-0.15, -0.1) is 11.3 Å². The Balaban J connectivity index is 2.67. The Morgan fingerprint density at radius 3 is 2.93 bits per heavy atom. The first kappa shape index (κ1) is 9.62. The Labute approximate surface area is 86.4 Å². The lowest BCUT2D eigenvalue weighted by molar-refractivity contribution is 0.206. The molecule has 0 saturated carbocycles. The van der Waals surface area contributed by atoms with Crippen LogP contribution in [0.1, 0.15) is 12.5 Å². The number of nitrogens with two attached hydrogens (primary N) is 1. The first-order valence-electron chi connectivity index (χ1n) is 4.51. The summed E-state index contributed by atoms with van der Waals surface area (Å²) in [4.78, 5) is 0. The third-order valence-electron chi connectivity index (χ3n) is 2.42.